The summed E-state index contributed by atoms with van der Waals surface area (Å²) >= 11 is 3.36. The van der Waals surface area contributed by atoms with Crippen LogP contribution < -0.4 is 5.32 Å². The maximum Gasteiger partial charge on any atom is 0.267 e. The van der Waals surface area contributed by atoms with E-state index in [0.717, 1.165) is 16.9 Å². The van der Waals surface area contributed by atoms with Crippen LogP contribution in [0, 0.1) is 11.8 Å². The van der Waals surface area contributed by atoms with Gasteiger partial charge in [-0.25, -0.2) is 0 Å². The number of rotatable bonds is 4. The molecular formula is C12H17BrN2O. The Hall–Kier alpha value is -0.770. The van der Waals surface area contributed by atoms with E-state index in [1.165, 1.54) is 12.8 Å². The molecule has 1 heterocycles. The van der Waals surface area contributed by atoms with Crippen molar-refractivity contribution in [1.29, 1.82) is 0 Å². The molecule has 88 valence electrons. The minimum atomic E-state index is 0.0145. The normalized spacial score (nSPS) is 17.2. The van der Waals surface area contributed by atoms with E-state index in [9.17, 15) is 4.79 Å². The molecule has 1 aromatic rings. The van der Waals surface area contributed by atoms with Gasteiger partial charge >= 0.3 is 0 Å². The van der Waals surface area contributed by atoms with Gasteiger partial charge in [-0.05, 0) is 46.7 Å². The van der Waals surface area contributed by atoms with Crippen LogP contribution in [0.4, 0.5) is 0 Å². The SMILES string of the molecule is CC(CNC(=O)c1cc(Br)cn1C)C1CC1. The van der Waals surface area contributed by atoms with Gasteiger partial charge in [0.1, 0.15) is 5.69 Å². The Morgan fingerprint density at radius 1 is 1.69 bits per heavy atom. The highest BCUT2D eigenvalue weighted by molar-refractivity contribution is 9.10. The first kappa shape index (κ1) is 11.7. The molecule has 1 aromatic heterocycles. The molecule has 1 aliphatic carbocycles. The fourth-order valence-corrected chi connectivity index (χ4v) is 2.45. The third-order valence-corrected chi connectivity index (χ3v) is 3.65. The van der Waals surface area contributed by atoms with Gasteiger partial charge < -0.3 is 9.88 Å². The van der Waals surface area contributed by atoms with E-state index >= 15 is 0 Å². The zero-order valence-electron chi connectivity index (χ0n) is 9.66. The molecule has 2 rings (SSSR count). The standard InChI is InChI=1S/C12H17BrN2O/c1-8(9-3-4-9)6-14-12(16)11-5-10(13)7-15(11)2/h5,7-9H,3-4,6H2,1-2H3,(H,14,16). The Morgan fingerprint density at radius 3 is 2.88 bits per heavy atom. The van der Waals surface area contributed by atoms with Gasteiger partial charge in [-0.3, -0.25) is 4.79 Å². The number of amides is 1. The predicted octanol–water partition coefficient (Wildman–Crippen LogP) is 2.56. The highest BCUT2D eigenvalue weighted by atomic mass is 79.9. The van der Waals surface area contributed by atoms with Crippen molar-refractivity contribution in [3.63, 3.8) is 0 Å². The summed E-state index contributed by atoms with van der Waals surface area (Å²) in [6.45, 7) is 2.99. The zero-order chi connectivity index (χ0) is 11.7. The lowest BCUT2D eigenvalue weighted by Gasteiger charge is -2.11. The van der Waals surface area contributed by atoms with Crippen molar-refractivity contribution in [2.24, 2.45) is 18.9 Å². The molecule has 0 aromatic carbocycles. The Bertz CT molecular complexity index is 396. The van der Waals surface area contributed by atoms with Crippen molar-refractivity contribution in [2.75, 3.05) is 6.54 Å². The van der Waals surface area contributed by atoms with Gasteiger partial charge in [0, 0.05) is 24.3 Å². The minimum Gasteiger partial charge on any atom is -0.350 e. The molecule has 1 fully saturated rings. The Kier molecular flexibility index (Phi) is 3.38. The topological polar surface area (TPSA) is 34.0 Å². The fourth-order valence-electron chi connectivity index (χ4n) is 1.93. The maximum atomic E-state index is 11.9. The number of carbonyl (C=O) groups is 1. The fraction of sp³-hybridized carbons (Fsp3) is 0.583. The van der Waals surface area contributed by atoms with Crippen molar-refractivity contribution < 1.29 is 4.79 Å². The second kappa shape index (κ2) is 4.62. The summed E-state index contributed by atoms with van der Waals surface area (Å²) in [4.78, 5) is 11.9. The van der Waals surface area contributed by atoms with Gasteiger partial charge in [0.25, 0.3) is 5.91 Å². The molecule has 1 unspecified atom stereocenters. The van der Waals surface area contributed by atoms with Gasteiger partial charge in [-0.15, -0.1) is 0 Å². The minimum absolute atomic E-state index is 0.0145. The Morgan fingerprint density at radius 2 is 2.38 bits per heavy atom. The average Bonchev–Trinajstić information content (AvgIpc) is 3.01. The third kappa shape index (κ3) is 2.67. The number of nitrogens with zero attached hydrogens (tertiary/aromatic N) is 1. The average molecular weight is 285 g/mol. The van der Waals surface area contributed by atoms with E-state index in [0.29, 0.717) is 11.6 Å². The predicted molar refractivity (Wildman–Crippen MR) is 67.3 cm³/mol. The molecule has 1 aliphatic rings. The van der Waals surface area contributed by atoms with Gasteiger partial charge in [0.2, 0.25) is 0 Å². The van der Waals surface area contributed by atoms with Crippen molar-refractivity contribution in [3.05, 3.63) is 22.4 Å². The molecule has 1 N–H and O–H groups in total. The summed E-state index contributed by atoms with van der Waals surface area (Å²) in [5, 5.41) is 2.99. The van der Waals surface area contributed by atoms with Crippen molar-refractivity contribution in [2.45, 2.75) is 19.8 Å². The van der Waals surface area contributed by atoms with Crippen LogP contribution in [-0.2, 0) is 7.05 Å². The summed E-state index contributed by atoms with van der Waals surface area (Å²) in [5.41, 5.74) is 0.704. The lowest BCUT2D eigenvalue weighted by atomic mass is 10.1. The lowest BCUT2D eigenvalue weighted by Crippen LogP contribution is -2.30. The van der Waals surface area contributed by atoms with Crippen molar-refractivity contribution in [3.8, 4) is 0 Å². The van der Waals surface area contributed by atoms with Gasteiger partial charge in [-0.2, -0.15) is 0 Å². The summed E-state index contributed by atoms with van der Waals surface area (Å²) in [5.74, 6) is 1.45. The molecule has 0 spiro atoms. The first-order valence-corrected chi connectivity index (χ1v) is 6.47. The van der Waals surface area contributed by atoms with Crippen LogP contribution in [0.2, 0.25) is 0 Å². The smallest absolute Gasteiger partial charge is 0.267 e. The molecule has 0 radical (unpaired) electrons. The number of aryl methyl sites for hydroxylation is 1. The second-order valence-electron chi connectivity index (χ2n) is 4.68. The Balaban J connectivity index is 1.89. The quantitative estimate of drug-likeness (QED) is 0.906. The van der Waals surface area contributed by atoms with Gasteiger partial charge in [0.05, 0.1) is 0 Å². The van der Waals surface area contributed by atoms with E-state index in [1.807, 2.05) is 23.9 Å². The van der Waals surface area contributed by atoms with Crippen molar-refractivity contribution in [1.82, 2.24) is 9.88 Å². The van der Waals surface area contributed by atoms with Gasteiger partial charge in [0.15, 0.2) is 0 Å². The van der Waals surface area contributed by atoms with Crippen LogP contribution in [0.25, 0.3) is 0 Å². The monoisotopic (exact) mass is 284 g/mol. The van der Waals surface area contributed by atoms with E-state index in [2.05, 4.69) is 28.2 Å². The number of aromatic nitrogens is 1. The van der Waals surface area contributed by atoms with Crippen LogP contribution in [0.5, 0.6) is 0 Å². The van der Waals surface area contributed by atoms with Crippen molar-refractivity contribution >= 4 is 21.8 Å². The number of carbonyl (C=O) groups excluding carboxylic acids is 1. The third-order valence-electron chi connectivity index (χ3n) is 3.22. The molecular weight excluding hydrogens is 268 g/mol. The first-order chi connectivity index (χ1) is 7.58. The van der Waals surface area contributed by atoms with E-state index < -0.39 is 0 Å². The van der Waals surface area contributed by atoms with Gasteiger partial charge in [-0.1, -0.05) is 6.92 Å². The van der Waals surface area contributed by atoms with E-state index in [1.54, 1.807) is 0 Å². The molecule has 16 heavy (non-hydrogen) atoms. The Labute approximate surface area is 104 Å². The number of hydrogen-bond acceptors (Lipinski definition) is 1. The van der Waals surface area contributed by atoms with Crippen LogP contribution in [0.1, 0.15) is 30.3 Å². The molecule has 1 atom stereocenters. The highest BCUT2D eigenvalue weighted by Gasteiger charge is 2.28. The maximum absolute atomic E-state index is 11.9. The van der Waals surface area contributed by atoms with E-state index in [-0.39, 0.29) is 5.91 Å². The summed E-state index contributed by atoms with van der Waals surface area (Å²) in [7, 11) is 1.88. The molecule has 0 aliphatic heterocycles. The molecule has 4 heteroatoms. The summed E-state index contributed by atoms with van der Waals surface area (Å²) in [6, 6.07) is 1.84. The lowest BCUT2D eigenvalue weighted by molar-refractivity contribution is 0.0938. The van der Waals surface area contributed by atoms with Crippen LogP contribution in [0.15, 0.2) is 16.7 Å². The summed E-state index contributed by atoms with van der Waals surface area (Å²) < 4.78 is 2.77. The van der Waals surface area contributed by atoms with Crippen LogP contribution in [0.3, 0.4) is 0 Å². The molecule has 1 amide bonds. The first-order valence-electron chi connectivity index (χ1n) is 5.68. The number of nitrogens with one attached hydrogen (secondary N) is 1. The second-order valence-corrected chi connectivity index (χ2v) is 5.59. The zero-order valence-corrected chi connectivity index (χ0v) is 11.3. The molecule has 0 saturated heterocycles. The van der Waals surface area contributed by atoms with Crippen LogP contribution in [-0.4, -0.2) is 17.0 Å². The molecule has 0 bridgehead atoms. The largest absolute Gasteiger partial charge is 0.350 e. The number of halogens is 1. The molecule has 1 saturated carbocycles. The highest BCUT2D eigenvalue weighted by Crippen LogP contribution is 2.36. The summed E-state index contributed by atoms with van der Waals surface area (Å²) in [6.07, 6.45) is 4.54. The number of hydrogen-bond donors (Lipinski definition) is 1. The molecule has 3 nitrogen and oxygen atoms in total. The van der Waals surface area contributed by atoms with Crippen LogP contribution >= 0.6 is 15.9 Å². The van der Waals surface area contributed by atoms with E-state index in [4.69, 9.17) is 0 Å².